The Morgan fingerprint density at radius 3 is 2.40 bits per heavy atom. The summed E-state index contributed by atoms with van der Waals surface area (Å²) < 4.78 is 24.4. The highest BCUT2D eigenvalue weighted by Crippen LogP contribution is 2.27. The summed E-state index contributed by atoms with van der Waals surface area (Å²) in [5, 5.41) is 8.48. The second-order valence-electron chi connectivity index (χ2n) is 5.33. The van der Waals surface area contributed by atoms with Crippen LogP contribution in [0.3, 0.4) is 0 Å². The largest absolute Gasteiger partial charge is 0.330 e. The molecule has 0 spiro atoms. The van der Waals surface area contributed by atoms with E-state index in [4.69, 9.17) is 16.7 Å². The number of nitrogens with two attached hydrogens (primary N) is 1. The van der Waals surface area contributed by atoms with Crippen LogP contribution in [0.1, 0.15) is 5.82 Å². The van der Waals surface area contributed by atoms with Gasteiger partial charge >= 0.3 is 0 Å². The standard InChI is InChI=1S/C15H15ClN6O2S/c1-9-18-8-13(22(9)2)14-12(16)7-19-15(21-14)20-10-3-5-11(6-4-10)25(17,23)24/h3-8H,1-2H3,(H2,17,23,24)(H,19,20,21). The van der Waals surface area contributed by atoms with Gasteiger partial charge < -0.3 is 9.88 Å². The zero-order valence-corrected chi connectivity index (χ0v) is 15.0. The van der Waals surface area contributed by atoms with Gasteiger partial charge in [0.25, 0.3) is 0 Å². The average molecular weight is 379 g/mol. The molecule has 3 N–H and O–H groups in total. The molecule has 0 saturated carbocycles. The molecule has 0 unspecified atom stereocenters. The highest BCUT2D eigenvalue weighted by Gasteiger charge is 2.13. The van der Waals surface area contributed by atoms with E-state index in [1.165, 1.54) is 18.3 Å². The lowest BCUT2D eigenvalue weighted by atomic mass is 10.3. The first-order valence-electron chi connectivity index (χ1n) is 7.17. The van der Waals surface area contributed by atoms with Gasteiger partial charge in [-0.15, -0.1) is 0 Å². The summed E-state index contributed by atoms with van der Waals surface area (Å²) in [6.45, 7) is 1.88. The molecule has 0 bridgehead atoms. The first kappa shape index (κ1) is 17.3. The van der Waals surface area contributed by atoms with Crippen LogP contribution in [0.25, 0.3) is 11.4 Å². The summed E-state index contributed by atoms with van der Waals surface area (Å²) in [4.78, 5) is 12.8. The molecule has 0 fully saturated rings. The molecule has 130 valence electrons. The molecule has 8 nitrogen and oxygen atoms in total. The molecule has 2 heterocycles. The zero-order chi connectivity index (χ0) is 18.2. The number of hydrogen-bond acceptors (Lipinski definition) is 6. The van der Waals surface area contributed by atoms with Crippen LogP contribution < -0.4 is 10.5 Å². The van der Waals surface area contributed by atoms with Gasteiger partial charge in [0, 0.05) is 12.7 Å². The number of nitrogens with one attached hydrogen (secondary N) is 1. The Bertz CT molecular complexity index is 1030. The minimum atomic E-state index is -3.73. The van der Waals surface area contributed by atoms with Crippen LogP contribution >= 0.6 is 11.6 Å². The number of primary sulfonamides is 1. The van der Waals surface area contributed by atoms with Gasteiger partial charge in [0.05, 0.1) is 28.0 Å². The van der Waals surface area contributed by atoms with Crippen molar-refractivity contribution in [3.63, 3.8) is 0 Å². The summed E-state index contributed by atoms with van der Waals surface area (Å²) in [5.74, 6) is 1.15. The van der Waals surface area contributed by atoms with E-state index in [-0.39, 0.29) is 4.90 Å². The van der Waals surface area contributed by atoms with Crippen molar-refractivity contribution in [3.05, 3.63) is 47.5 Å². The van der Waals surface area contributed by atoms with Gasteiger partial charge in [-0.1, -0.05) is 11.6 Å². The summed E-state index contributed by atoms with van der Waals surface area (Å²) in [5.41, 5.74) is 1.92. The van der Waals surface area contributed by atoms with Gasteiger partial charge in [-0.3, -0.25) is 0 Å². The normalized spacial score (nSPS) is 11.5. The highest BCUT2D eigenvalue weighted by molar-refractivity contribution is 7.89. The summed E-state index contributed by atoms with van der Waals surface area (Å²) in [6, 6.07) is 5.95. The first-order valence-corrected chi connectivity index (χ1v) is 9.09. The van der Waals surface area contributed by atoms with E-state index in [0.717, 1.165) is 11.5 Å². The van der Waals surface area contributed by atoms with E-state index >= 15 is 0 Å². The van der Waals surface area contributed by atoms with E-state index < -0.39 is 10.0 Å². The molecule has 0 amide bonds. The lowest BCUT2D eigenvalue weighted by Crippen LogP contribution is -2.11. The van der Waals surface area contributed by atoms with Crippen LogP contribution in [0.2, 0.25) is 5.02 Å². The molecule has 3 rings (SSSR count). The molecular formula is C15H15ClN6O2S. The second kappa shape index (κ2) is 6.43. The maximum Gasteiger partial charge on any atom is 0.238 e. The van der Waals surface area contributed by atoms with E-state index in [1.807, 2.05) is 18.5 Å². The first-order chi connectivity index (χ1) is 11.8. The fraction of sp³-hybridized carbons (Fsp3) is 0.133. The van der Waals surface area contributed by atoms with Crippen molar-refractivity contribution in [1.82, 2.24) is 19.5 Å². The van der Waals surface area contributed by atoms with Crippen molar-refractivity contribution >= 4 is 33.3 Å². The van der Waals surface area contributed by atoms with Gasteiger partial charge in [0.15, 0.2) is 0 Å². The predicted octanol–water partition coefficient (Wildman–Crippen LogP) is 2.23. The zero-order valence-electron chi connectivity index (χ0n) is 13.4. The SMILES string of the molecule is Cc1ncc(-c2nc(Nc3ccc(S(N)(=O)=O)cc3)ncc2Cl)n1C. The lowest BCUT2D eigenvalue weighted by molar-refractivity contribution is 0.598. The molecule has 0 atom stereocenters. The minimum absolute atomic E-state index is 0.0288. The van der Waals surface area contributed by atoms with Crippen molar-refractivity contribution in [1.29, 1.82) is 0 Å². The molecule has 25 heavy (non-hydrogen) atoms. The van der Waals surface area contributed by atoms with Crippen LogP contribution in [0.5, 0.6) is 0 Å². The third kappa shape index (κ3) is 3.63. The topological polar surface area (TPSA) is 116 Å². The Labute approximate surface area is 149 Å². The van der Waals surface area contributed by atoms with E-state index in [2.05, 4.69) is 20.3 Å². The average Bonchev–Trinajstić information content (AvgIpc) is 2.88. The lowest BCUT2D eigenvalue weighted by Gasteiger charge is -2.09. The number of rotatable bonds is 4. The Hall–Kier alpha value is -2.49. The molecule has 0 radical (unpaired) electrons. The summed E-state index contributed by atoms with van der Waals surface area (Å²) in [6.07, 6.45) is 3.18. The van der Waals surface area contributed by atoms with Crippen LogP contribution in [-0.2, 0) is 17.1 Å². The molecule has 0 aliphatic rings. The highest BCUT2D eigenvalue weighted by atomic mass is 35.5. The molecule has 0 aliphatic carbocycles. The quantitative estimate of drug-likeness (QED) is 0.719. The van der Waals surface area contributed by atoms with Crippen molar-refractivity contribution in [2.45, 2.75) is 11.8 Å². The minimum Gasteiger partial charge on any atom is -0.330 e. The number of halogens is 1. The Balaban J connectivity index is 1.92. The number of aromatic nitrogens is 4. The van der Waals surface area contributed by atoms with Gasteiger partial charge in [-0.05, 0) is 31.2 Å². The van der Waals surface area contributed by atoms with Crippen LogP contribution in [-0.4, -0.2) is 27.9 Å². The van der Waals surface area contributed by atoms with E-state index in [0.29, 0.717) is 22.4 Å². The number of benzene rings is 1. The fourth-order valence-corrected chi connectivity index (χ4v) is 2.89. The molecule has 10 heteroatoms. The van der Waals surface area contributed by atoms with Crippen molar-refractivity contribution in [3.8, 4) is 11.4 Å². The fourth-order valence-electron chi connectivity index (χ4n) is 2.19. The third-order valence-corrected chi connectivity index (χ3v) is 4.85. The van der Waals surface area contributed by atoms with Gasteiger partial charge in [-0.2, -0.15) is 0 Å². The maximum atomic E-state index is 11.3. The van der Waals surface area contributed by atoms with Gasteiger partial charge in [0.1, 0.15) is 11.5 Å². The Kier molecular flexibility index (Phi) is 4.46. The molecule has 0 saturated heterocycles. The smallest absolute Gasteiger partial charge is 0.238 e. The summed E-state index contributed by atoms with van der Waals surface area (Å²) >= 11 is 6.21. The number of anilines is 2. The van der Waals surface area contributed by atoms with Crippen molar-refractivity contribution in [2.24, 2.45) is 12.2 Å². The van der Waals surface area contributed by atoms with Crippen LogP contribution in [0.4, 0.5) is 11.6 Å². The Morgan fingerprint density at radius 2 is 1.84 bits per heavy atom. The molecule has 1 aromatic carbocycles. The number of sulfonamides is 1. The maximum absolute atomic E-state index is 11.3. The molecule has 0 aliphatic heterocycles. The molecule has 2 aromatic heterocycles. The van der Waals surface area contributed by atoms with Crippen LogP contribution in [0.15, 0.2) is 41.6 Å². The number of aryl methyl sites for hydroxylation is 1. The number of nitrogens with zero attached hydrogens (tertiary/aromatic N) is 4. The van der Waals surface area contributed by atoms with Gasteiger partial charge in [-0.25, -0.2) is 28.5 Å². The monoisotopic (exact) mass is 378 g/mol. The summed E-state index contributed by atoms with van der Waals surface area (Å²) in [7, 11) is -1.86. The molecule has 3 aromatic rings. The Morgan fingerprint density at radius 1 is 1.16 bits per heavy atom. The predicted molar refractivity (Wildman–Crippen MR) is 95.1 cm³/mol. The second-order valence-corrected chi connectivity index (χ2v) is 7.30. The third-order valence-electron chi connectivity index (χ3n) is 3.65. The molecular weight excluding hydrogens is 364 g/mol. The van der Waals surface area contributed by atoms with Crippen LogP contribution in [0, 0.1) is 6.92 Å². The van der Waals surface area contributed by atoms with E-state index in [9.17, 15) is 8.42 Å². The van der Waals surface area contributed by atoms with E-state index in [1.54, 1.807) is 18.3 Å². The number of imidazole rings is 1. The van der Waals surface area contributed by atoms with Gasteiger partial charge in [0.2, 0.25) is 16.0 Å². The van der Waals surface area contributed by atoms with Crippen molar-refractivity contribution < 1.29 is 8.42 Å². The number of hydrogen-bond donors (Lipinski definition) is 2. The van der Waals surface area contributed by atoms with Crippen molar-refractivity contribution in [2.75, 3.05) is 5.32 Å².